The molecule has 22 heavy (non-hydrogen) atoms. The third-order valence-corrected chi connectivity index (χ3v) is 5.37. The highest BCUT2D eigenvalue weighted by Gasteiger charge is 2.19. The highest BCUT2D eigenvalue weighted by molar-refractivity contribution is 7.92. The monoisotopic (exact) mass is 334 g/mol. The van der Waals surface area contributed by atoms with E-state index < -0.39 is 10.0 Å². The lowest BCUT2D eigenvalue weighted by atomic mass is 10.2. The maximum atomic E-state index is 12.5. The van der Waals surface area contributed by atoms with Gasteiger partial charge in [0.05, 0.1) is 4.90 Å². The maximum Gasteiger partial charge on any atom is 0.264 e. The van der Waals surface area contributed by atoms with Gasteiger partial charge in [0.25, 0.3) is 10.0 Å². The molecule has 0 aliphatic carbocycles. The van der Waals surface area contributed by atoms with E-state index in [0.717, 1.165) is 11.1 Å². The van der Waals surface area contributed by atoms with Gasteiger partial charge in [-0.15, -0.1) is 0 Å². The first kappa shape index (κ1) is 14.8. The van der Waals surface area contributed by atoms with E-state index in [1.165, 1.54) is 11.3 Å². The van der Waals surface area contributed by atoms with E-state index >= 15 is 0 Å². The van der Waals surface area contributed by atoms with Crippen molar-refractivity contribution in [1.29, 1.82) is 0 Å². The Kier molecular flexibility index (Phi) is 3.76. The number of nitrogens with zero attached hydrogens (tertiary/aromatic N) is 1. The van der Waals surface area contributed by atoms with Gasteiger partial charge in [-0.2, -0.15) is 11.3 Å². The number of hydrogen-bond donors (Lipinski definition) is 1. The molecule has 0 bridgehead atoms. The molecule has 0 amide bonds. The van der Waals surface area contributed by atoms with E-state index in [1.54, 1.807) is 25.1 Å². The van der Waals surface area contributed by atoms with Gasteiger partial charge in [-0.1, -0.05) is 17.3 Å². The summed E-state index contributed by atoms with van der Waals surface area (Å²) in [5.41, 5.74) is 3.05. The lowest BCUT2D eigenvalue weighted by molar-refractivity contribution is 0.438. The average Bonchev–Trinajstić information content (AvgIpc) is 3.11. The molecule has 5 nitrogen and oxygen atoms in total. The molecule has 2 aromatic heterocycles. The minimum absolute atomic E-state index is 0.0992. The summed E-state index contributed by atoms with van der Waals surface area (Å²) in [7, 11) is -3.70. The van der Waals surface area contributed by atoms with Crippen LogP contribution in [-0.2, 0) is 10.0 Å². The molecule has 0 unspecified atom stereocenters. The van der Waals surface area contributed by atoms with Crippen LogP contribution in [-0.4, -0.2) is 13.6 Å². The standard InChI is InChI=1S/C15H14N2O3S2/c1-10-3-4-11(2)14(7-10)22(18,19)17-15-8-13(16-20-15)12-5-6-21-9-12/h3-9,17H,1-2H3. The van der Waals surface area contributed by atoms with Gasteiger partial charge in [0, 0.05) is 17.0 Å². The van der Waals surface area contributed by atoms with Gasteiger partial charge in [0.1, 0.15) is 5.69 Å². The Labute approximate surface area is 132 Å². The van der Waals surface area contributed by atoms with Gasteiger partial charge >= 0.3 is 0 Å². The second kappa shape index (κ2) is 5.58. The molecule has 0 atom stereocenters. The van der Waals surface area contributed by atoms with Crippen LogP contribution in [0.4, 0.5) is 5.88 Å². The number of hydrogen-bond acceptors (Lipinski definition) is 5. The molecule has 0 aliphatic heterocycles. The number of anilines is 1. The second-order valence-corrected chi connectivity index (χ2v) is 7.39. The molecule has 3 rings (SSSR count). The fourth-order valence-corrected chi connectivity index (χ4v) is 4.01. The lowest BCUT2D eigenvalue weighted by Crippen LogP contribution is -2.14. The van der Waals surface area contributed by atoms with Crippen LogP contribution >= 0.6 is 11.3 Å². The average molecular weight is 334 g/mol. The van der Waals surface area contributed by atoms with Crippen LogP contribution < -0.4 is 4.72 Å². The van der Waals surface area contributed by atoms with Crippen LogP contribution in [0.15, 0.2) is 50.5 Å². The molecule has 0 fully saturated rings. The Hall–Kier alpha value is -2.12. The van der Waals surface area contributed by atoms with E-state index in [2.05, 4.69) is 9.88 Å². The molecule has 0 saturated carbocycles. The highest BCUT2D eigenvalue weighted by atomic mass is 32.2. The molecule has 2 heterocycles. The number of nitrogens with one attached hydrogen (secondary N) is 1. The van der Waals surface area contributed by atoms with Gasteiger partial charge < -0.3 is 4.52 Å². The summed E-state index contributed by atoms with van der Waals surface area (Å²) in [5.74, 6) is 0.0992. The third kappa shape index (κ3) is 2.90. The number of aromatic nitrogens is 1. The number of benzene rings is 1. The first-order valence-electron chi connectivity index (χ1n) is 6.55. The lowest BCUT2D eigenvalue weighted by Gasteiger charge is -2.08. The van der Waals surface area contributed by atoms with Crippen molar-refractivity contribution in [3.63, 3.8) is 0 Å². The maximum absolute atomic E-state index is 12.5. The van der Waals surface area contributed by atoms with Crippen LogP contribution in [0.5, 0.6) is 0 Å². The first-order valence-corrected chi connectivity index (χ1v) is 8.98. The zero-order chi connectivity index (χ0) is 15.7. The Morgan fingerprint density at radius 2 is 2.00 bits per heavy atom. The molecular formula is C15H14N2O3S2. The van der Waals surface area contributed by atoms with Gasteiger partial charge in [-0.3, -0.25) is 0 Å². The van der Waals surface area contributed by atoms with Crippen molar-refractivity contribution in [1.82, 2.24) is 5.16 Å². The summed E-state index contributed by atoms with van der Waals surface area (Å²) in [6.07, 6.45) is 0. The Bertz CT molecular complexity index is 897. The summed E-state index contributed by atoms with van der Waals surface area (Å²) in [6, 6.07) is 8.75. The molecule has 7 heteroatoms. The molecule has 0 aliphatic rings. The van der Waals surface area contributed by atoms with E-state index in [1.807, 2.05) is 29.8 Å². The van der Waals surface area contributed by atoms with Crippen molar-refractivity contribution < 1.29 is 12.9 Å². The molecular weight excluding hydrogens is 320 g/mol. The zero-order valence-corrected chi connectivity index (χ0v) is 13.7. The topological polar surface area (TPSA) is 72.2 Å². The number of thiophene rings is 1. The summed E-state index contributed by atoms with van der Waals surface area (Å²) in [5, 5.41) is 7.72. The van der Waals surface area contributed by atoms with Gasteiger partial charge in [-0.05, 0) is 42.5 Å². The van der Waals surface area contributed by atoms with E-state index in [9.17, 15) is 8.42 Å². The first-order chi connectivity index (χ1) is 10.5. The normalized spacial score (nSPS) is 11.5. The van der Waals surface area contributed by atoms with Crippen LogP contribution in [0, 0.1) is 13.8 Å². The highest BCUT2D eigenvalue weighted by Crippen LogP contribution is 2.26. The predicted molar refractivity (Wildman–Crippen MR) is 86.5 cm³/mol. The molecule has 1 N–H and O–H groups in total. The Balaban J connectivity index is 1.90. The van der Waals surface area contributed by atoms with Crippen LogP contribution in [0.1, 0.15) is 11.1 Å². The van der Waals surface area contributed by atoms with Crippen molar-refractivity contribution in [3.8, 4) is 11.3 Å². The summed E-state index contributed by atoms with van der Waals surface area (Å²) in [6.45, 7) is 3.60. The van der Waals surface area contributed by atoms with Crippen LogP contribution in [0.2, 0.25) is 0 Å². The Morgan fingerprint density at radius 1 is 1.18 bits per heavy atom. The van der Waals surface area contributed by atoms with E-state index in [4.69, 9.17) is 4.52 Å². The summed E-state index contributed by atoms with van der Waals surface area (Å²) < 4.78 is 32.5. The van der Waals surface area contributed by atoms with Crippen molar-refractivity contribution in [3.05, 3.63) is 52.2 Å². The zero-order valence-electron chi connectivity index (χ0n) is 12.0. The predicted octanol–water partition coefficient (Wildman–Crippen LogP) is 3.82. The van der Waals surface area contributed by atoms with Crippen molar-refractivity contribution in [2.45, 2.75) is 18.7 Å². The van der Waals surface area contributed by atoms with Crippen molar-refractivity contribution in [2.75, 3.05) is 4.72 Å². The van der Waals surface area contributed by atoms with Crippen LogP contribution in [0.25, 0.3) is 11.3 Å². The molecule has 0 spiro atoms. The van der Waals surface area contributed by atoms with E-state index in [-0.39, 0.29) is 10.8 Å². The molecule has 0 radical (unpaired) electrons. The fourth-order valence-electron chi connectivity index (χ4n) is 2.05. The summed E-state index contributed by atoms with van der Waals surface area (Å²) in [4.78, 5) is 0.237. The SMILES string of the molecule is Cc1ccc(C)c(S(=O)(=O)Nc2cc(-c3ccsc3)no2)c1. The van der Waals surface area contributed by atoms with E-state index in [0.29, 0.717) is 11.3 Å². The second-order valence-electron chi connectivity index (χ2n) is 4.96. The molecule has 1 aromatic carbocycles. The number of aryl methyl sites for hydroxylation is 2. The largest absolute Gasteiger partial charge is 0.337 e. The fraction of sp³-hybridized carbons (Fsp3) is 0.133. The minimum atomic E-state index is -3.70. The van der Waals surface area contributed by atoms with Crippen molar-refractivity contribution in [2.24, 2.45) is 0 Å². The minimum Gasteiger partial charge on any atom is -0.337 e. The molecule has 3 aromatic rings. The quantitative estimate of drug-likeness (QED) is 0.787. The third-order valence-electron chi connectivity index (χ3n) is 3.20. The van der Waals surface area contributed by atoms with Gasteiger partial charge in [-0.25, -0.2) is 13.1 Å². The number of rotatable bonds is 4. The van der Waals surface area contributed by atoms with Gasteiger partial charge in [0.15, 0.2) is 0 Å². The van der Waals surface area contributed by atoms with Crippen LogP contribution in [0.3, 0.4) is 0 Å². The Morgan fingerprint density at radius 3 is 2.73 bits per heavy atom. The van der Waals surface area contributed by atoms with Crippen molar-refractivity contribution >= 4 is 27.2 Å². The van der Waals surface area contributed by atoms with Gasteiger partial charge in [0.2, 0.25) is 5.88 Å². The number of sulfonamides is 1. The summed E-state index contributed by atoms with van der Waals surface area (Å²) >= 11 is 1.54. The smallest absolute Gasteiger partial charge is 0.264 e. The molecule has 0 saturated heterocycles. The molecule has 114 valence electrons.